The number of carbonyl (C=O) groups excluding carboxylic acids is 2. The lowest BCUT2D eigenvalue weighted by Crippen LogP contribution is -2.61. The minimum absolute atomic E-state index is 0.0454. The first-order chi connectivity index (χ1) is 10.6. The molecule has 0 spiro atoms. The highest BCUT2D eigenvalue weighted by atomic mass is 28.4. The van der Waals surface area contributed by atoms with Crippen LogP contribution in [0.5, 0.6) is 0 Å². The lowest BCUT2D eigenvalue weighted by atomic mass is 9.57. The van der Waals surface area contributed by atoms with Crippen LogP contribution in [0.3, 0.4) is 0 Å². The summed E-state index contributed by atoms with van der Waals surface area (Å²) in [4.78, 5) is 25.7. The van der Waals surface area contributed by atoms with Gasteiger partial charge in [-0.3, -0.25) is 9.59 Å². The average molecular weight is 341 g/mol. The standard InChI is InChI=1S/C18H32O4Si/c1-17(2,3)23(5,6)22-15-12-8-10-13-9-7-11-14(19)18(13,15)16(20)21-4/h13,15H,7-12H2,1-6H3/t13-,15?,18-/m0/s1. The van der Waals surface area contributed by atoms with E-state index in [0.717, 1.165) is 32.1 Å². The van der Waals surface area contributed by atoms with E-state index in [2.05, 4.69) is 33.9 Å². The van der Waals surface area contributed by atoms with Gasteiger partial charge in [0, 0.05) is 6.42 Å². The topological polar surface area (TPSA) is 52.6 Å². The van der Waals surface area contributed by atoms with Gasteiger partial charge in [0.2, 0.25) is 0 Å². The third kappa shape index (κ3) is 3.02. The Kier molecular flexibility index (Phi) is 5.12. The maximum absolute atomic E-state index is 12.9. The molecule has 0 aromatic rings. The highest BCUT2D eigenvalue weighted by Gasteiger charge is 2.62. The Bertz CT molecular complexity index is 468. The molecule has 0 aromatic heterocycles. The van der Waals surface area contributed by atoms with E-state index in [-0.39, 0.29) is 28.8 Å². The molecule has 0 bridgehead atoms. The zero-order chi connectivity index (χ0) is 17.5. The molecule has 132 valence electrons. The van der Waals surface area contributed by atoms with Crippen LogP contribution < -0.4 is 0 Å². The Balaban J connectivity index is 2.43. The summed E-state index contributed by atoms with van der Waals surface area (Å²) in [5, 5.41) is 0.0506. The molecule has 2 aliphatic carbocycles. The molecule has 0 N–H and O–H groups in total. The largest absolute Gasteiger partial charge is 0.468 e. The first kappa shape index (κ1) is 18.7. The molecule has 1 unspecified atom stereocenters. The normalized spacial score (nSPS) is 32.3. The van der Waals surface area contributed by atoms with E-state index in [9.17, 15) is 9.59 Å². The molecule has 0 aliphatic heterocycles. The van der Waals surface area contributed by atoms with Crippen molar-refractivity contribution < 1.29 is 18.8 Å². The number of esters is 1. The van der Waals surface area contributed by atoms with Gasteiger partial charge in [0.1, 0.15) is 0 Å². The summed E-state index contributed by atoms with van der Waals surface area (Å²) in [7, 11) is -0.667. The van der Waals surface area contributed by atoms with Gasteiger partial charge in [0.15, 0.2) is 19.5 Å². The van der Waals surface area contributed by atoms with Gasteiger partial charge in [-0.2, -0.15) is 0 Å². The Morgan fingerprint density at radius 3 is 2.35 bits per heavy atom. The molecule has 0 saturated heterocycles. The van der Waals surface area contributed by atoms with Crippen molar-refractivity contribution >= 4 is 20.1 Å². The van der Waals surface area contributed by atoms with E-state index >= 15 is 0 Å². The minimum atomic E-state index is -2.06. The fourth-order valence-corrected chi connectivity index (χ4v) is 5.40. The van der Waals surface area contributed by atoms with Gasteiger partial charge in [-0.1, -0.05) is 27.2 Å². The van der Waals surface area contributed by atoms with Crippen LogP contribution in [0.25, 0.3) is 0 Å². The molecular weight excluding hydrogens is 308 g/mol. The smallest absolute Gasteiger partial charge is 0.322 e. The summed E-state index contributed by atoms with van der Waals surface area (Å²) in [5.41, 5.74) is -1.05. The number of carbonyl (C=O) groups is 2. The van der Waals surface area contributed by atoms with Crippen LogP contribution in [0.1, 0.15) is 59.3 Å². The van der Waals surface area contributed by atoms with Gasteiger partial charge in [-0.15, -0.1) is 0 Å². The number of rotatable bonds is 3. The van der Waals surface area contributed by atoms with Crippen LogP contribution in [0.4, 0.5) is 0 Å². The highest BCUT2D eigenvalue weighted by molar-refractivity contribution is 6.74. The zero-order valence-electron chi connectivity index (χ0n) is 15.5. The molecule has 2 aliphatic rings. The number of hydrogen-bond donors (Lipinski definition) is 0. The van der Waals surface area contributed by atoms with E-state index in [0.29, 0.717) is 6.42 Å². The number of hydrogen-bond acceptors (Lipinski definition) is 4. The van der Waals surface area contributed by atoms with E-state index in [1.807, 2.05) is 0 Å². The molecule has 23 heavy (non-hydrogen) atoms. The summed E-state index contributed by atoms with van der Waals surface area (Å²) in [5.74, 6) is -0.237. The van der Waals surface area contributed by atoms with Crippen LogP contribution in [0.2, 0.25) is 18.1 Å². The minimum Gasteiger partial charge on any atom is -0.468 e. The molecule has 0 amide bonds. The van der Waals surface area contributed by atoms with Gasteiger partial charge in [-0.25, -0.2) is 0 Å². The fraction of sp³-hybridized carbons (Fsp3) is 0.889. The number of ketones is 1. The van der Waals surface area contributed by atoms with E-state index in [1.54, 1.807) is 0 Å². The maximum Gasteiger partial charge on any atom is 0.322 e. The third-order valence-electron chi connectivity index (χ3n) is 6.35. The maximum atomic E-state index is 12.9. The molecule has 4 nitrogen and oxygen atoms in total. The Hall–Kier alpha value is -0.683. The van der Waals surface area contributed by atoms with Gasteiger partial charge in [-0.05, 0) is 49.7 Å². The molecule has 2 fully saturated rings. The summed E-state index contributed by atoms with van der Waals surface area (Å²) in [6.07, 6.45) is 4.70. The SMILES string of the molecule is COC(=O)[C@]12C(=O)CCC[C@H]1CCCC2O[Si](C)(C)C(C)(C)C. The Labute approximate surface area is 141 Å². The summed E-state index contributed by atoms with van der Waals surface area (Å²) < 4.78 is 11.8. The van der Waals surface area contributed by atoms with E-state index in [1.165, 1.54) is 7.11 Å². The van der Waals surface area contributed by atoms with Crippen molar-refractivity contribution in [1.29, 1.82) is 0 Å². The monoisotopic (exact) mass is 340 g/mol. The van der Waals surface area contributed by atoms with Gasteiger partial charge in [0.05, 0.1) is 13.2 Å². The predicted octanol–water partition coefficient (Wildman–Crippen LogP) is 4.09. The van der Waals surface area contributed by atoms with Crippen molar-refractivity contribution in [1.82, 2.24) is 0 Å². The second kappa shape index (κ2) is 6.32. The molecule has 3 atom stereocenters. The number of methoxy groups -OCH3 is 1. The fourth-order valence-electron chi connectivity index (χ4n) is 4.03. The summed E-state index contributed by atoms with van der Waals surface area (Å²) in [6, 6.07) is 0. The van der Waals surface area contributed by atoms with E-state index in [4.69, 9.17) is 9.16 Å². The predicted molar refractivity (Wildman–Crippen MR) is 92.7 cm³/mol. The van der Waals surface area contributed by atoms with Crippen LogP contribution in [0.15, 0.2) is 0 Å². The van der Waals surface area contributed by atoms with Crippen molar-refractivity contribution in [2.75, 3.05) is 7.11 Å². The van der Waals surface area contributed by atoms with Crippen molar-refractivity contribution in [3.8, 4) is 0 Å². The Morgan fingerprint density at radius 1 is 1.17 bits per heavy atom. The van der Waals surface area contributed by atoms with Crippen LogP contribution >= 0.6 is 0 Å². The van der Waals surface area contributed by atoms with Crippen molar-refractivity contribution in [2.45, 2.75) is 83.5 Å². The second-order valence-corrected chi connectivity index (χ2v) is 13.4. The summed E-state index contributed by atoms with van der Waals surface area (Å²) in [6.45, 7) is 10.9. The second-order valence-electron chi connectivity index (χ2n) is 8.67. The zero-order valence-corrected chi connectivity index (χ0v) is 16.5. The third-order valence-corrected chi connectivity index (χ3v) is 10.8. The molecule has 5 heteroatoms. The van der Waals surface area contributed by atoms with Crippen molar-refractivity contribution in [3.05, 3.63) is 0 Å². The molecular formula is C18H32O4Si. The lowest BCUT2D eigenvalue weighted by molar-refractivity contribution is -0.178. The number of fused-ring (bicyclic) bond motifs is 1. The van der Waals surface area contributed by atoms with Crippen LogP contribution in [0, 0.1) is 11.3 Å². The average Bonchev–Trinajstić information content (AvgIpc) is 2.45. The van der Waals surface area contributed by atoms with E-state index < -0.39 is 13.7 Å². The molecule has 2 saturated carbocycles. The molecule has 0 radical (unpaired) electrons. The Morgan fingerprint density at radius 2 is 1.78 bits per heavy atom. The lowest BCUT2D eigenvalue weighted by Gasteiger charge is -2.51. The van der Waals surface area contributed by atoms with Crippen molar-refractivity contribution in [2.24, 2.45) is 11.3 Å². The number of Topliss-reactive ketones (excluding diaryl/α,β-unsaturated/α-hetero) is 1. The first-order valence-electron chi connectivity index (χ1n) is 8.87. The van der Waals surface area contributed by atoms with Gasteiger partial charge >= 0.3 is 5.97 Å². The van der Waals surface area contributed by atoms with Crippen molar-refractivity contribution in [3.63, 3.8) is 0 Å². The quantitative estimate of drug-likeness (QED) is 0.441. The van der Waals surface area contributed by atoms with Crippen LogP contribution in [-0.2, 0) is 18.8 Å². The first-order valence-corrected chi connectivity index (χ1v) is 11.8. The molecule has 0 aromatic carbocycles. The van der Waals surface area contributed by atoms with Gasteiger partial charge in [0.25, 0.3) is 0 Å². The highest BCUT2D eigenvalue weighted by Crippen LogP contribution is 2.52. The van der Waals surface area contributed by atoms with Crippen LogP contribution in [-0.4, -0.2) is 33.3 Å². The number of ether oxygens (including phenoxy) is 1. The molecule has 0 heterocycles. The summed E-state index contributed by atoms with van der Waals surface area (Å²) >= 11 is 0. The molecule has 2 rings (SSSR count). The van der Waals surface area contributed by atoms with Gasteiger partial charge < -0.3 is 9.16 Å².